The topological polar surface area (TPSA) is 138 Å². The number of carboxylic acid groups (broad SMARTS) is 1. The van der Waals surface area contributed by atoms with Crippen LogP contribution in [0.15, 0.2) is 23.3 Å². The average molecular weight is 430 g/mol. The van der Waals surface area contributed by atoms with Crippen molar-refractivity contribution in [2.75, 3.05) is 18.8 Å². The summed E-state index contributed by atoms with van der Waals surface area (Å²) in [5.41, 5.74) is 5.54. The highest BCUT2D eigenvalue weighted by atomic mass is 16.4. The molecule has 9 nitrogen and oxygen atoms in total. The number of carboxylic acids is 1. The van der Waals surface area contributed by atoms with Crippen LogP contribution in [0.1, 0.15) is 51.0 Å². The van der Waals surface area contributed by atoms with E-state index < -0.39 is 11.5 Å². The van der Waals surface area contributed by atoms with E-state index in [0.29, 0.717) is 31.2 Å². The second kappa shape index (κ2) is 9.89. The number of aliphatic imine (C=N–C) groups is 1. The molecule has 1 aromatic heterocycles. The SMILES string of the molecule is CC1CCC([C@@]2(C(=O)NCc3ccc(N)nc3)CCCN2C(=O)CN=CC(=O)O)CC1. The smallest absolute Gasteiger partial charge is 0.346 e. The largest absolute Gasteiger partial charge is 0.477 e. The Morgan fingerprint density at radius 3 is 2.71 bits per heavy atom. The van der Waals surface area contributed by atoms with Crippen molar-refractivity contribution in [3.8, 4) is 0 Å². The van der Waals surface area contributed by atoms with Gasteiger partial charge in [0, 0.05) is 19.3 Å². The van der Waals surface area contributed by atoms with Crippen LogP contribution in [-0.2, 0) is 20.9 Å². The van der Waals surface area contributed by atoms with E-state index in [4.69, 9.17) is 10.8 Å². The Hall–Kier alpha value is -2.97. The van der Waals surface area contributed by atoms with Crippen LogP contribution < -0.4 is 11.1 Å². The summed E-state index contributed by atoms with van der Waals surface area (Å²) in [5.74, 6) is -0.560. The Balaban J connectivity index is 1.81. The number of hydrogen-bond acceptors (Lipinski definition) is 6. The molecular weight excluding hydrogens is 398 g/mol. The molecule has 4 N–H and O–H groups in total. The fraction of sp³-hybridized carbons (Fsp3) is 0.591. The number of hydrogen-bond donors (Lipinski definition) is 3. The number of pyridine rings is 1. The van der Waals surface area contributed by atoms with E-state index in [1.54, 1.807) is 17.2 Å². The summed E-state index contributed by atoms with van der Waals surface area (Å²) in [6, 6.07) is 3.50. The molecule has 1 aromatic rings. The molecule has 2 heterocycles. The van der Waals surface area contributed by atoms with Crippen molar-refractivity contribution >= 4 is 29.8 Å². The van der Waals surface area contributed by atoms with E-state index in [1.165, 1.54) is 0 Å². The zero-order valence-electron chi connectivity index (χ0n) is 17.9. The van der Waals surface area contributed by atoms with Gasteiger partial charge in [0.2, 0.25) is 11.8 Å². The minimum Gasteiger partial charge on any atom is -0.477 e. The summed E-state index contributed by atoms with van der Waals surface area (Å²) in [6.07, 6.45) is 7.53. The van der Waals surface area contributed by atoms with Gasteiger partial charge in [-0.1, -0.05) is 25.8 Å². The maximum Gasteiger partial charge on any atom is 0.346 e. The van der Waals surface area contributed by atoms with Crippen LogP contribution in [0.3, 0.4) is 0 Å². The Bertz CT molecular complexity index is 833. The van der Waals surface area contributed by atoms with Gasteiger partial charge in [-0.15, -0.1) is 0 Å². The van der Waals surface area contributed by atoms with E-state index in [1.807, 2.05) is 6.07 Å². The van der Waals surface area contributed by atoms with Gasteiger partial charge in [0.05, 0.1) is 0 Å². The summed E-state index contributed by atoms with van der Waals surface area (Å²) in [5, 5.41) is 11.8. The number of nitrogens with one attached hydrogen (secondary N) is 1. The van der Waals surface area contributed by atoms with Gasteiger partial charge in [-0.2, -0.15) is 0 Å². The van der Waals surface area contributed by atoms with Gasteiger partial charge in [-0.05, 0) is 49.1 Å². The van der Waals surface area contributed by atoms with Gasteiger partial charge in [0.15, 0.2) is 0 Å². The molecule has 2 amide bonds. The number of amides is 2. The van der Waals surface area contributed by atoms with Gasteiger partial charge in [0.1, 0.15) is 24.1 Å². The van der Waals surface area contributed by atoms with E-state index in [9.17, 15) is 14.4 Å². The first-order valence-corrected chi connectivity index (χ1v) is 10.8. The lowest BCUT2D eigenvalue weighted by molar-refractivity contribution is -0.149. The molecule has 1 aliphatic carbocycles. The van der Waals surface area contributed by atoms with Gasteiger partial charge in [-0.3, -0.25) is 14.6 Å². The molecule has 0 bridgehead atoms. The summed E-state index contributed by atoms with van der Waals surface area (Å²) in [7, 11) is 0. The van der Waals surface area contributed by atoms with Crippen LogP contribution in [0.5, 0.6) is 0 Å². The highest BCUT2D eigenvalue weighted by molar-refractivity contribution is 6.22. The number of anilines is 1. The number of aliphatic carboxylic acids is 1. The molecule has 0 unspecified atom stereocenters. The highest BCUT2D eigenvalue weighted by Crippen LogP contribution is 2.44. The lowest BCUT2D eigenvalue weighted by atomic mass is 9.70. The van der Waals surface area contributed by atoms with Gasteiger partial charge in [0.25, 0.3) is 0 Å². The Kier molecular flexibility index (Phi) is 7.25. The standard InChI is InChI=1S/C22H31N5O4/c1-15-3-6-17(7-4-15)22(21(31)26-12-16-5-8-18(23)25-11-16)9-2-10-27(22)19(28)13-24-14-20(29)30/h5,8,11,14-15,17H,2-4,6-7,9-10,12-13H2,1H3,(H2,23,25)(H,26,31)(H,29,30)/t15?,17?,22-/m1/s1. The highest BCUT2D eigenvalue weighted by Gasteiger charge is 2.54. The number of nitrogens with two attached hydrogens (primary N) is 1. The van der Waals surface area contributed by atoms with Crippen molar-refractivity contribution in [1.82, 2.24) is 15.2 Å². The van der Waals surface area contributed by atoms with Crippen molar-refractivity contribution in [2.45, 2.75) is 57.5 Å². The predicted octanol–water partition coefficient (Wildman–Crippen LogP) is 1.62. The molecule has 2 fully saturated rings. The lowest BCUT2D eigenvalue weighted by Gasteiger charge is -2.45. The van der Waals surface area contributed by atoms with Crippen LogP contribution >= 0.6 is 0 Å². The van der Waals surface area contributed by atoms with Crippen LogP contribution in [-0.4, -0.2) is 57.6 Å². The van der Waals surface area contributed by atoms with E-state index in [2.05, 4.69) is 22.2 Å². The van der Waals surface area contributed by atoms with Crippen molar-refractivity contribution in [3.63, 3.8) is 0 Å². The normalized spacial score (nSPS) is 26.2. The van der Waals surface area contributed by atoms with Gasteiger partial charge < -0.3 is 21.1 Å². The van der Waals surface area contributed by atoms with Crippen molar-refractivity contribution < 1.29 is 19.5 Å². The zero-order valence-corrected chi connectivity index (χ0v) is 17.9. The second-order valence-electron chi connectivity index (χ2n) is 8.61. The van der Waals surface area contributed by atoms with Crippen LogP contribution in [0, 0.1) is 11.8 Å². The first-order chi connectivity index (χ1) is 14.8. The maximum atomic E-state index is 13.6. The number of nitrogens with zero attached hydrogens (tertiary/aromatic N) is 3. The van der Waals surface area contributed by atoms with E-state index >= 15 is 0 Å². The molecule has 1 atom stereocenters. The second-order valence-corrected chi connectivity index (χ2v) is 8.61. The first-order valence-electron chi connectivity index (χ1n) is 10.8. The van der Waals surface area contributed by atoms with E-state index in [0.717, 1.165) is 43.9 Å². The monoisotopic (exact) mass is 429 g/mol. The van der Waals surface area contributed by atoms with E-state index in [-0.39, 0.29) is 24.3 Å². The molecule has 9 heteroatoms. The number of likely N-dealkylation sites (tertiary alicyclic amines) is 1. The zero-order chi connectivity index (χ0) is 22.4. The number of aromatic nitrogens is 1. The molecule has 2 aliphatic rings. The van der Waals surface area contributed by atoms with Crippen molar-refractivity contribution in [3.05, 3.63) is 23.9 Å². The minimum atomic E-state index is -1.20. The molecule has 0 aromatic carbocycles. The summed E-state index contributed by atoms with van der Waals surface area (Å²) in [6.45, 7) is 2.72. The number of nitrogen functional groups attached to an aromatic ring is 1. The summed E-state index contributed by atoms with van der Waals surface area (Å²) < 4.78 is 0. The fourth-order valence-electron chi connectivity index (χ4n) is 4.94. The van der Waals surface area contributed by atoms with Crippen molar-refractivity contribution in [2.24, 2.45) is 16.8 Å². The molecule has 3 rings (SSSR count). The first kappa shape index (κ1) is 22.7. The summed E-state index contributed by atoms with van der Waals surface area (Å²) >= 11 is 0. The number of carbonyl (C=O) groups excluding carboxylic acids is 2. The predicted molar refractivity (Wildman–Crippen MR) is 116 cm³/mol. The lowest BCUT2D eigenvalue weighted by Crippen LogP contribution is -2.62. The average Bonchev–Trinajstić information content (AvgIpc) is 3.19. The molecule has 1 saturated heterocycles. The summed E-state index contributed by atoms with van der Waals surface area (Å²) in [4.78, 5) is 46.7. The van der Waals surface area contributed by atoms with Gasteiger partial charge in [-0.25, -0.2) is 9.78 Å². The molecule has 168 valence electrons. The molecule has 31 heavy (non-hydrogen) atoms. The Morgan fingerprint density at radius 1 is 1.32 bits per heavy atom. The molecular formula is C22H31N5O4. The van der Waals surface area contributed by atoms with Crippen LogP contribution in [0.2, 0.25) is 0 Å². The number of carbonyl (C=O) groups is 3. The molecule has 1 saturated carbocycles. The fourth-order valence-corrected chi connectivity index (χ4v) is 4.94. The van der Waals surface area contributed by atoms with Crippen molar-refractivity contribution in [1.29, 1.82) is 0 Å². The van der Waals surface area contributed by atoms with Gasteiger partial charge >= 0.3 is 5.97 Å². The molecule has 0 radical (unpaired) electrons. The van der Waals surface area contributed by atoms with Crippen LogP contribution in [0.25, 0.3) is 0 Å². The Labute approximate surface area is 182 Å². The van der Waals surface area contributed by atoms with Crippen LogP contribution in [0.4, 0.5) is 5.82 Å². The Morgan fingerprint density at radius 2 is 2.06 bits per heavy atom. The quantitative estimate of drug-likeness (QED) is 0.563. The third-order valence-electron chi connectivity index (χ3n) is 6.54. The minimum absolute atomic E-state index is 0.0724. The third-order valence-corrected chi connectivity index (χ3v) is 6.54. The molecule has 0 spiro atoms. The maximum absolute atomic E-state index is 13.6. The third kappa shape index (κ3) is 5.21. The number of rotatable bonds is 7. The molecule has 1 aliphatic heterocycles.